The molecule has 1 aromatic heterocycles. The van der Waals surface area contributed by atoms with Crippen molar-refractivity contribution in [3.63, 3.8) is 0 Å². The van der Waals surface area contributed by atoms with Crippen molar-refractivity contribution in [2.45, 2.75) is 5.54 Å². The summed E-state index contributed by atoms with van der Waals surface area (Å²) in [5.41, 5.74) is 9.33. The van der Waals surface area contributed by atoms with Gasteiger partial charge < -0.3 is 32.1 Å². The van der Waals surface area contributed by atoms with Gasteiger partial charge in [-0.3, -0.25) is 0 Å². The van der Waals surface area contributed by atoms with E-state index in [0.29, 0.717) is 0 Å². The Bertz CT molecular complexity index is 327. The number of rotatable bonds is 5. The van der Waals surface area contributed by atoms with Gasteiger partial charge >= 0.3 is 0 Å². The molecule has 8 N–H and O–H groups in total. The first-order chi connectivity index (χ1) is 7.55. The van der Waals surface area contributed by atoms with E-state index in [-0.39, 0.29) is 17.8 Å². The van der Waals surface area contributed by atoms with Crippen molar-refractivity contribution in [1.29, 1.82) is 0 Å². The molecule has 0 aromatic carbocycles. The summed E-state index contributed by atoms with van der Waals surface area (Å²) in [4.78, 5) is 10.9. The van der Waals surface area contributed by atoms with Crippen molar-refractivity contribution in [3.8, 4) is 0 Å². The fourth-order valence-electron chi connectivity index (χ4n) is 0.971. The molecule has 90 valence electrons. The van der Waals surface area contributed by atoms with Gasteiger partial charge in [-0.25, -0.2) is 0 Å². The highest BCUT2D eigenvalue weighted by molar-refractivity contribution is 5.39. The summed E-state index contributed by atoms with van der Waals surface area (Å²) in [6.07, 6.45) is 0. The highest BCUT2D eigenvalue weighted by atomic mass is 16.3. The first-order valence-corrected chi connectivity index (χ1v) is 4.43. The Morgan fingerprint density at radius 3 is 1.75 bits per heavy atom. The van der Waals surface area contributed by atoms with E-state index in [2.05, 4.69) is 20.3 Å². The van der Waals surface area contributed by atoms with Crippen LogP contribution in [0, 0.1) is 0 Å². The van der Waals surface area contributed by atoms with Crippen molar-refractivity contribution in [2.75, 3.05) is 36.6 Å². The third kappa shape index (κ3) is 2.66. The quantitative estimate of drug-likeness (QED) is 0.312. The fourth-order valence-corrected chi connectivity index (χ4v) is 0.971. The van der Waals surface area contributed by atoms with Gasteiger partial charge in [-0.1, -0.05) is 0 Å². The Hall–Kier alpha value is -1.71. The van der Waals surface area contributed by atoms with Crippen LogP contribution >= 0.6 is 0 Å². The van der Waals surface area contributed by atoms with Gasteiger partial charge in [-0.2, -0.15) is 15.0 Å². The van der Waals surface area contributed by atoms with Gasteiger partial charge in [0.25, 0.3) is 0 Å². The molecular weight excluding hydrogens is 216 g/mol. The topological polar surface area (TPSA) is 163 Å². The second-order valence-electron chi connectivity index (χ2n) is 3.26. The molecule has 9 heteroatoms. The Labute approximate surface area is 91.2 Å². The lowest BCUT2D eigenvalue weighted by Gasteiger charge is -2.28. The molecule has 0 saturated carbocycles. The molecule has 0 fully saturated rings. The van der Waals surface area contributed by atoms with E-state index >= 15 is 0 Å². The van der Waals surface area contributed by atoms with Gasteiger partial charge in [0, 0.05) is 0 Å². The van der Waals surface area contributed by atoms with Crippen molar-refractivity contribution in [1.82, 2.24) is 15.0 Å². The zero-order chi connectivity index (χ0) is 12.2. The maximum atomic E-state index is 9.06. The van der Waals surface area contributed by atoms with Crippen LogP contribution in [0.25, 0.3) is 0 Å². The van der Waals surface area contributed by atoms with Crippen LogP contribution in [0.15, 0.2) is 0 Å². The van der Waals surface area contributed by atoms with Crippen molar-refractivity contribution < 1.29 is 15.3 Å². The molecule has 1 rings (SSSR count). The zero-order valence-corrected chi connectivity index (χ0v) is 8.46. The van der Waals surface area contributed by atoms with Crippen LogP contribution in [0.2, 0.25) is 0 Å². The SMILES string of the molecule is Nc1nc(N)nc(NC(CO)(CO)CO)n1. The standard InChI is InChI=1S/C7H14N6O3/c8-4-10-5(9)12-6(11-4)13-7(1-14,2-15)3-16/h14-16H,1-3H2,(H5,8,9,10,11,12,13). The Balaban J connectivity index is 2.93. The van der Waals surface area contributed by atoms with Gasteiger partial charge in [0.05, 0.1) is 19.8 Å². The van der Waals surface area contributed by atoms with E-state index < -0.39 is 25.4 Å². The third-order valence-electron chi connectivity index (χ3n) is 1.95. The molecule has 0 amide bonds. The van der Waals surface area contributed by atoms with Crippen LogP contribution < -0.4 is 16.8 Å². The summed E-state index contributed by atoms with van der Waals surface area (Å²) in [6, 6.07) is 0. The number of nitrogen functional groups attached to an aromatic ring is 2. The molecule has 1 aromatic rings. The number of nitrogens with two attached hydrogens (primary N) is 2. The van der Waals surface area contributed by atoms with Gasteiger partial charge in [0.15, 0.2) is 0 Å². The number of aliphatic hydroxyl groups is 3. The molecule has 0 bridgehead atoms. The summed E-state index contributed by atoms with van der Waals surface area (Å²) in [5.74, 6) is -0.224. The number of hydrogen-bond donors (Lipinski definition) is 6. The monoisotopic (exact) mass is 230 g/mol. The van der Waals surface area contributed by atoms with Crippen LogP contribution in [0.5, 0.6) is 0 Å². The molecule has 0 saturated heterocycles. The summed E-state index contributed by atoms with van der Waals surface area (Å²) < 4.78 is 0. The first-order valence-electron chi connectivity index (χ1n) is 4.43. The van der Waals surface area contributed by atoms with Gasteiger partial charge in [-0.15, -0.1) is 0 Å². The lowest BCUT2D eigenvalue weighted by molar-refractivity contribution is 0.0828. The Morgan fingerprint density at radius 1 is 0.938 bits per heavy atom. The summed E-state index contributed by atoms with van der Waals surface area (Å²) in [5, 5.41) is 29.7. The summed E-state index contributed by atoms with van der Waals surface area (Å²) in [6.45, 7) is -1.53. The maximum Gasteiger partial charge on any atom is 0.229 e. The number of nitrogens with zero attached hydrogens (tertiary/aromatic N) is 3. The predicted octanol–water partition coefficient (Wildman–Crippen LogP) is -2.84. The third-order valence-corrected chi connectivity index (χ3v) is 1.95. The van der Waals surface area contributed by atoms with E-state index in [1.165, 1.54) is 0 Å². The minimum absolute atomic E-state index is 0.0258. The highest BCUT2D eigenvalue weighted by Crippen LogP contribution is 2.12. The number of hydrogen-bond acceptors (Lipinski definition) is 9. The van der Waals surface area contributed by atoms with Crippen LogP contribution in [0.1, 0.15) is 0 Å². The lowest BCUT2D eigenvalue weighted by atomic mass is 10.0. The number of nitrogens with one attached hydrogen (secondary N) is 1. The zero-order valence-electron chi connectivity index (χ0n) is 8.46. The van der Waals surface area contributed by atoms with Crippen molar-refractivity contribution in [2.24, 2.45) is 0 Å². The molecule has 16 heavy (non-hydrogen) atoms. The van der Waals surface area contributed by atoms with E-state index in [9.17, 15) is 0 Å². The van der Waals surface area contributed by atoms with E-state index in [0.717, 1.165) is 0 Å². The van der Waals surface area contributed by atoms with Crippen LogP contribution in [0.4, 0.5) is 17.8 Å². The lowest BCUT2D eigenvalue weighted by Crippen LogP contribution is -2.49. The Kier molecular flexibility index (Phi) is 3.77. The molecular formula is C7H14N6O3. The minimum Gasteiger partial charge on any atom is -0.394 e. The largest absolute Gasteiger partial charge is 0.394 e. The molecule has 0 spiro atoms. The second kappa shape index (κ2) is 4.88. The van der Waals surface area contributed by atoms with Crippen molar-refractivity contribution >= 4 is 17.8 Å². The van der Waals surface area contributed by atoms with Gasteiger partial charge in [0.1, 0.15) is 5.54 Å². The molecule has 0 unspecified atom stereocenters. The molecule has 1 heterocycles. The number of aliphatic hydroxyl groups excluding tert-OH is 3. The van der Waals surface area contributed by atoms with E-state index in [1.807, 2.05) is 0 Å². The minimum atomic E-state index is -1.33. The van der Waals surface area contributed by atoms with E-state index in [1.54, 1.807) is 0 Å². The fraction of sp³-hybridized carbons (Fsp3) is 0.571. The molecule has 9 nitrogen and oxygen atoms in total. The number of anilines is 3. The second-order valence-corrected chi connectivity index (χ2v) is 3.26. The van der Waals surface area contributed by atoms with Crippen LogP contribution in [0.3, 0.4) is 0 Å². The normalized spacial score (nSPS) is 11.4. The summed E-state index contributed by atoms with van der Waals surface area (Å²) >= 11 is 0. The predicted molar refractivity (Wildman–Crippen MR) is 56.3 cm³/mol. The average molecular weight is 230 g/mol. The molecule has 0 atom stereocenters. The number of aromatic nitrogens is 3. The van der Waals surface area contributed by atoms with Crippen molar-refractivity contribution in [3.05, 3.63) is 0 Å². The molecule has 0 radical (unpaired) electrons. The average Bonchev–Trinajstić information content (AvgIpc) is 2.25. The van der Waals surface area contributed by atoms with E-state index in [4.69, 9.17) is 26.8 Å². The highest BCUT2D eigenvalue weighted by Gasteiger charge is 2.29. The van der Waals surface area contributed by atoms with Crippen LogP contribution in [-0.4, -0.2) is 55.6 Å². The summed E-state index contributed by atoms with van der Waals surface area (Å²) in [7, 11) is 0. The van der Waals surface area contributed by atoms with Gasteiger partial charge in [-0.05, 0) is 0 Å². The van der Waals surface area contributed by atoms with Gasteiger partial charge in [0.2, 0.25) is 17.8 Å². The Morgan fingerprint density at radius 2 is 1.38 bits per heavy atom. The molecule has 0 aliphatic rings. The molecule has 0 aliphatic heterocycles. The first kappa shape index (κ1) is 12.4. The van der Waals surface area contributed by atoms with Crippen LogP contribution in [-0.2, 0) is 0 Å². The maximum absolute atomic E-state index is 9.06. The smallest absolute Gasteiger partial charge is 0.229 e. The molecule has 0 aliphatic carbocycles.